The molecule has 0 spiro atoms. The first kappa shape index (κ1) is 6.62. The molecular weight excluding hydrogens is 130 g/mol. The lowest BCUT2D eigenvalue weighted by molar-refractivity contribution is 1.16. The fourth-order valence-electron chi connectivity index (χ4n) is 0.685. The first-order valence-corrected chi connectivity index (χ1v) is 3.48. The smallest absolute Gasteiger partial charge is 0.0502 e. The number of hydrogen-bond acceptors (Lipinski definition) is 2. The fourth-order valence-corrected chi connectivity index (χ4v) is 0.858. The third-order valence-corrected chi connectivity index (χ3v) is 1.46. The van der Waals surface area contributed by atoms with Crippen LogP contribution in [-0.2, 0) is 5.75 Å². The number of pyridine rings is 1. The third-order valence-electron chi connectivity index (χ3n) is 1.13. The molecule has 1 rings (SSSR count). The molecule has 1 heterocycles. The van der Waals surface area contributed by atoms with Crippen molar-refractivity contribution >= 4 is 12.6 Å². The van der Waals surface area contributed by atoms with Crippen molar-refractivity contribution in [2.45, 2.75) is 12.7 Å². The van der Waals surface area contributed by atoms with Gasteiger partial charge >= 0.3 is 0 Å². The quantitative estimate of drug-likeness (QED) is 0.585. The van der Waals surface area contributed by atoms with Gasteiger partial charge in [0.2, 0.25) is 0 Å². The van der Waals surface area contributed by atoms with E-state index in [0.29, 0.717) is 0 Å². The third kappa shape index (κ3) is 1.72. The van der Waals surface area contributed by atoms with Gasteiger partial charge in [-0.15, -0.1) is 0 Å². The Morgan fingerprint density at radius 2 is 2.44 bits per heavy atom. The Bertz CT molecular complexity index is 198. The van der Waals surface area contributed by atoms with E-state index < -0.39 is 0 Å². The van der Waals surface area contributed by atoms with Crippen molar-refractivity contribution in [2.75, 3.05) is 0 Å². The maximum absolute atomic E-state index is 4.09. The predicted octanol–water partition coefficient (Wildman–Crippen LogP) is 1.82. The van der Waals surface area contributed by atoms with Crippen molar-refractivity contribution in [3.05, 3.63) is 29.6 Å². The predicted molar refractivity (Wildman–Crippen MR) is 41.7 cm³/mol. The van der Waals surface area contributed by atoms with Gasteiger partial charge in [0.15, 0.2) is 0 Å². The molecule has 0 fully saturated rings. The van der Waals surface area contributed by atoms with Crippen LogP contribution in [0.2, 0.25) is 0 Å². The van der Waals surface area contributed by atoms with Crippen LogP contribution >= 0.6 is 12.6 Å². The molecule has 0 atom stereocenters. The van der Waals surface area contributed by atoms with Crippen LogP contribution in [0.15, 0.2) is 18.3 Å². The molecule has 1 nitrogen and oxygen atoms in total. The summed E-state index contributed by atoms with van der Waals surface area (Å²) in [6.07, 6.45) is 1.81. The van der Waals surface area contributed by atoms with Crippen LogP contribution in [0.5, 0.6) is 0 Å². The van der Waals surface area contributed by atoms with Gasteiger partial charge in [0.1, 0.15) is 0 Å². The minimum atomic E-state index is 0.724. The highest BCUT2D eigenvalue weighted by Gasteiger charge is 1.87. The zero-order valence-corrected chi connectivity index (χ0v) is 6.23. The standard InChI is InChI=1S/C7H9NS/c1-6-2-3-8-7(4-6)5-9/h2-4,9H,5H2,1H3. The number of thiol groups is 1. The average Bonchev–Trinajstić information content (AvgIpc) is 1.88. The minimum absolute atomic E-state index is 0.724. The lowest BCUT2D eigenvalue weighted by Crippen LogP contribution is -1.83. The maximum atomic E-state index is 4.09. The lowest BCUT2D eigenvalue weighted by atomic mass is 10.3. The van der Waals surface area contributed by atoms with E-state index in [1.165, 1.54) is 5.56 Å². The van der Waals surface area contributed by atoms with E-state index in [9.17, 15) is 0 Å². The summed E-state index contributed by atoms with van der Waals surface area (Å²) >= 11 is 4.09. The van der Waals surface area contributed by atoms with Gasteiger partial charge in [-0.25, -0.2) is 0 Å². The Labute approximate surface area is 60.5 Å². The van der Waals surface area contributed by atoms with E-state index in [1.54, 1.807) is 6.20 Å². The molecule has 0 saturated heterocycles. The van der Waals surface area contributed by atoms with Gasteiger partial charge in [-0.05, 0) is 24.6 Å². The highest BCUT2D eigenvalue weighted by molar-refractivity contribution is 7.79. The average molecular weight is 139 g/mol. The molecule has 0 aromatic carbocycles. The Hall–Kier alpha value is -0.500. The van der Waals surface area contributed by atoms with Crippen molar-refractivity contribution in [3.8, 4) is 0 Å². The van der Waals surface area contributed by atoms with Gasteiger partial charge in [0, 0.05) is 11.9 Å². The molecule has 0 N–H and O–H groups in total. The van der Waals surface area contributed by atoms with Gasteiger partial charge in [-0.3, -0.25) is 4.98 Å². The summed E-state index contributed by atoms with van der Waals surface area (Å²) in [4.78, 5) is 4.08. The molecule has 48 valence electrons. The molecule has 0 radical (unpaired) electrons. The van der Waals surface area contributed by atoms with Crippen LogP contribution in [0.1, 0.15) is 11.3 Å². The van der Waals surface area contributed by atoms with Crippen LogP contribution in [-0.4, -0.2) is 4.98 Å². The Balaban J connectivity index is 2.94. The van der Waals surface area contributed by atoms with Crippen LogP contribution in [0, 0.1) is 6.92 Å². The summed E-state index contributed by atoms with van der Waals surface area (Å²) in [6.45, 7) is 2.05. The molecular formula is C7H9NS. The van der Waals surface area contributed by atoms with Gasteiger partial charge in [0.25, 0.3) is 0 Å². The van der Waals surface area contributed by atoms with Crippen molar-refractivity contribution in [3.63, 3.8) is 0 Å². The lowest BCUT2D eigenvalue weighted by Gasteiger charge is -1.93. The Morgan fingerprint density at radius 3 is 2.89 bits per heavy atom. The molecule has 0 aliphatic heterocycles. The van der Waals surface area contributed by atoms with E-state index in [4.69, 9.17) is 0 Å². The maximum Gasteiger partial charge on any atom is 0.0502 e. The van der Waals surface area contributed by atoms with E-state index >= 15 is 0 Å². The topological polar surface area (TPSA) is 12.9 Å². The highest BCUT2D eigenvalue weighted by Crippen LogP contribution is 2.01. The number of hydrogen-bond donors (Lipinski definition) is 1. The molecule has 1 aromatic rings. The normalized spacial score (nSPS) is 9.56. The first-order chi connectivity index (χ1) is 4.33. The molecule has 0 unspecified atom stereocenters. The molecule has 0 aliphatic carbocycles. The zero-order chi connectivity index (χ0) is 6.69. The number of aryl methyl sites for hydroxylation is 1. The van der Waals surface area contributed by atoms with Crippen LogP contribution < -0.4 is 0 Å². The molecule has 2 heteroatoms. The van der Waals surface area contributed by atoms with Crippen LogP contribution in [0.25, 0.3) is 0 Å². The van der Waals surface area contributed by atoms with Crippen LogP contribution in [0.4, 0.5) is 0 Å². The highest BCUT2D eigenvalue weighted by atomic mass is 32.1. The van der Waals surface area contributed by atoms with Crippen molar-refractivity contribution in [1.29, 1.82) is 0 Å². The summed E-state index contributed by atoms with van der Waals surface area (Å²) in [5.41, 5.74) is 2.28. The summed E-state index contributed by atoms with van der Waals surface area (Å²) in [7, 11) is 0. The molecule has 0 bridgehead atoms. The van der Waals surface area contributed by atoms with Gasteiger partial charge < -0.3 is 0 Å². The summed E-state index contributed by atoms with van der Waals surface area (Å²) in [5, 5.41) is 0. The van der Waals surface area contributed by atoms with Crippen molar-refractivity contribution in [2.24, 2.45) is 0 Å². The second-order valence-electron chi connectivity index (χ2n) is 1.98. The van der Waals surface area contributed by atoms with E-state index in [-0.39, 0.29) is 0 Å². The molecule has 1 aromatic heterocycles. The number of nitrogens with zero attached hydrogens (tertiary/aromatic N) is 1. The summed E-state index contributed by atoms with van der Waals surface area (Å²) < 4.78 is 0. The van der Waals surface area contributed by atoms with Crippen LogP contribution in [0.3, 0.4) is 0 Å². The summed E-state index contributed by atoms with van der Waals surface area (Å²) in [5.74, 6) is 0.724. The first-order valence-electron chi connectivity index (χ1n) is 2.85. The van der Waals surface area contributed by atoms with Crippen molar-refractivity contribution in [1.82, 2.24) is 4.98 Å². The van der Waals surface area contributed by atoms with E-state index in [1.807, 2.05) is 12.1 Å². The van der Waals surface area contributed by atoms with E-state index in [0.717, 1.165) is 11.4 Å². The zero-order valence-electron chi connectivity index (χ0n) is 5.33. The molecule has 9 heavy (non-hydrogen) atoms. The minimum Gasteiger partial charge on any atom is -0.260 e. The molecule has 0 saturated carbocycles. The van der Waals surface area contributed by atoms with Gasteiger partial charge in [0.05, 0.1) is 5.69 Å². The van der Waals surface area contributed by atoms with E-state index in [2.05, 4.69) is 24.5 Å². The second kappa shape index (κ2) is 2.87. The SMILES string of the molecule is Cc1ccnc(CS)c1. The number of aromatic nitrogens is 1. The summed E-state index contributed by atoms with van der Waals surface area (Å²) in [6, 6.07) is 4.01. The van der Waals surface area contributed by atoms with Gasteiger partial charge in [-0.1, -0.05) is 0 Å². The van der Waals surface area contributed by atoms with Gasteiger partial charge in [-0.2, -0.15) is 12.6 Å². The number of rotatable bonds is 1. The molecule has 0 amide bonds. The van der Waals surface area contributed by atoms with Crippen molar-refractivity contribution < 1.29 is 0 Å². The Kier molecular flexibility index (Phi) is 2.11. The fraction of sp³-hybridized carbons (Fsp3) is 0.286. The Morgan fingerprint density at radius 1 is 1.67 bits per heavy atom. The second-order valence-corrected chi connectivity index (χ2v) is 2.30. The largest absolute Gasteiger partial charge is 0.260 e. The monoisotopic (exact) mass is 139 g/mol. The molecule has 0 aliphatic rings.